The molecule has 1 aromatic heterocycles. The largest absolute Gasteiger partial charge is 0.352 e. The van der Waals surface area contributed by atoms with Crippen LogP contribution in [0.2, 0.25) is 0 Å². The van der Waals surface area contributed by atoms with Gasteiger partial charge in [0, 0.05) is 0 Å². The number of carbonyl (C=O) groups excluding carboxylic acids is 3. The maximum Gasteiger partial charge on any atom is 0.352 e. The molecule has 0 atom stereocenters. The predicted octanol–water partition coefficient (Wildman–Crippen LogP) is 0.444. The molecule has 1 aliphatic heterocycles. The summed E-state index contributed by atoms with van der Waals surface area (Å²) in [5.74, 6) is -2.53. The van der Waals surface area contributed by atoms with Crippen LogP contribution in [0, 0.1) is 0 Å². The van der Waals surface area contributed by atoms with Gasteiger partial charge in [0.2, 0.25) is 0 Å². The lowest BCUT2D eigenvalue weighted by Crippen LogP contribution is -2.37. The van der Waals surface area contributed by atoms with E-state index >= 15 is 0 Å². The molecular formula is C18H11N3O6. The SMILES string of the molecule is O=C(Cn1c(=O)[nH]c(=O)c2ccccc21)ON1C(=O)c2ccccc2C1=O. The fourth-order valence-electron chi connectivity index (χ4n) is 2.91. The van der Waals surface area contributed by atoms with Gasteiger partial charge in [-0.1, -0.05) is 29.3 Å². The summed E-state index contributed by atoms with van der Waals surface area (Å²) in [5.41, 5.74) is -0.909. The van der Waals surface area contributed by atoms with Crippen molar-refractivity contribution in [1.29, 1.82) is 0 Å². The molecule has 2 amide bonds. The Morgan fingerprint density at radius 3 is 2.15 bits per heavy atom. The molecular weight excluding hydrogens is 354 g/mol. The Bertz CT molecular complexity index is 1200. The van der Waals surface area contributed by atoms with Crippen LogP contribution in [0.4, 0.5) is 0 Å². The van der Waals surface area contributed by atoms with Crippen LogP contribution < -0.4 is 11.2 Å². The molecule has 0 spiro atoms. The van der Waals surface area contributed by atoms with E-state index in [1.165, 1.54) is 24.3 Å². The molecule has 1 N–H and O–H groups in total. The first-order valence-corrected chi connectivity index (χ1v) is 7.88. The number of hydroxylamine groups is 2. The lowest BCUT2D eigenvalue weighted by molar-refractivity contribution is -0.169. The summed E-state index contributed by atoms with van der Waals surface area (Å²) < 4.78 is 0.997. The zero-order chi connectivity index (χ0) is 19.1. The molecule has 0 fully saturated rings. The molecule has 9 nitrogen and oxygen atoms in total. The molecule has 1 aliphatic rings. The third-order valence-electron chi connectivity index (χ3n) is 4.14. The molecule has 27 heavy (non-hydrogen) atoms. The van der Waals surface area contributed by atoms with Crippen molar-refractivity contribution in [2.75, 3.05) is 0 Å². The van der Waals surface area contributed by atoms with Crippen LogP contribution in [-0.4, -0.2) is 32.4 Å². The van der Waals surface area contributed by atoms with Crippen molar-refractivity contribution in [3.63, 3.8) is 0 Å². The van der Waals surface area contributed by atoms with Gasteiger partial charge in [0.1, 0.15) is 6.54 Å². The van der Waals surface area contributed by atoms with Crippen molar-refractivity contribution in [1.82, 2.24) is 14.6 Å². The minimum atomic E-state index is -1.01. The Morgan fingerprint density at radius 1 is 0.889 bits per heavy atom. The zero-order valence-electron chi connectivity index (χ0n) is 13.7. The molecule has 0 saturated carbocycles. The fraction of sp³-hybridized carbons (Fsp3) is 0.0556. The van der Waals surface area contributed by atoms with Crippen molar-refractivity contribution in [2.24, 2.45) is 0 Å². The van der Waals surface area contributed by atoms with Crippen LogP contribution in [0.5, 0.6) is 0 Å². The first-order chi connectivity index (χ1) is 13.0. The highest BCUT2D eigenvalue weighted by molar-refractivity contribution is 6.20. The topological polar surface area (TPSA) is 119 Å². The monoisotopic (exact) mass is 365 g/mol. The van der Waals surface area contributed by atoms with Crippen molar-refractivity contribution in [3.8, 4) is 0 Å². The number of carbonyl (C=O) groups is 3. The third-order valence-corrected chi connectivity index (χ3v) is 4.14. The van der Waals surface area contributed by atoms with Crippen molar-refractivity contribution < 1.29 is 19.2 Å². The van der Waals surface area contributed by atoms with E-state index in [2.05, 4.69) is 4.98 Å². The van der Waals surface area contributed by atoms with Crippen LogP contribution in [-0.2, 0) is 16.2 Å². The normalized spacial score (nSPS) is 13.1. The lowest BCUT2D eigenvalue weighted by atomic mass is 10.1. The number of aromatic nitrogens is 2. The van der Waals surface area contributed by atoms with E-state index in [1.807, 2.05) is 0 Å². The van der Waals surface area contributed by atoms with E-state index in [0.717, 1.165) is 4.57 Å². The van der Waals surface area contributed by atoms with Crippen molar-refractivity contribution in [3.05, 3.63) is 80.5 Å². The Hall–Kier alpha value is -4.01. The number of nitrogens with zero attached hydrogens (tertiary/aromatic N) is 2. The molecule has 134 valence electrons. The minimum absolute atomic E-state index is 0.127. The summed E-state index contributed by atoms with van der Waals surface area (Å²) in [6, 6.07) is 12.3. The highest BCUT2D eigenvalue weighted by Crippen LogP contribution is 2.22. The number of benzene rings is 2. The van der Waals surface area contributed by atoms with E-state index < -0.39 is 35.6 Å². The van der Waals surface area contributed by atoms with Gasteiger partial charge in [0.15, 0.2) is 0 Å². The van der Waals surface area contributed by atoms with Crippen LogP contribution in [0.1, 0.15) is 20.7 Å². The first kappa shape index (κ1) is 16.5. The summed E-state index contributed by atoms with van der Waals surface area (Å²) in [4.78, 5) is 67.7. The van der Waals surface area contributed by atoms with Gasteiger partial charge in [-0.2, -0.15) is 0 Å². The Kier molecular flexibility index (Phi) is 3.69. The molecule has 2 heterocycles. The number of imide groups is 1. The molecule has 0 saturated heterocycles. The van der Waals surface area contributed by atoms with E-state index in [1.54, 1.807) is 24.3 Å². The molecule has 4 rings (SSSR count). The number of nitrogens with one attached hydrogen (secondary N) is 1. The van der Waals surface area contributed by atoms with Crippen LogP contribution in [0.15, 0.2) is 58.1 Å². The molecule has 2 aromatic carbocycles. The number of amides is 2. The number of H-pyrrole nitrogens is 1. The number of hydrogen-bond donors (Lipinski definition) is 1. The second kappa shape index (κ2) is 6.06. The highest BCUT2D eigenvalue weighted by Gasteiger charge is 2.38. The van der Waals surface area contributed by atoms with Crippen LogP contribution in [0.25, 0.3) is 10.9 Å². The zero-order valence-corrected chi connectivity index (χ0v) is 13.7. The third kappa shape index (κ3) is 2.61. The van der Waals surface area contributed by atoms with Crippen LogP contribution in [0.3, 0.4) is 0 Å². The summed E-state index contributed by atoms with van der Waals surface area (Å²) in [6.07, 6.45) is 0. The first-order valence-electron chi connectivity index (χ1n) is 7.88. The quantitative estimate of drug-likeness (QED) is 0.673. The van der Waals surface area contributed by atoms with Crippen molar-refractivity contribution >= 4 is 28.7 Å². The molecule has 0 unspecified atom stereocenters. The summed E-state index contributed by atoms with van der Waals surface area (Å²) >= 11 is 0. The van der Waals surface area contributed by atoms with Gasteiger partial charge < -0.3 is 4.84 Å². The van der Waals surface area contributed by atoms with E-state index in [-0.39, 0.29) is 22.0 Å². The second-order valence-corrected chi connectivity index (χ2v) is 5.78. The van der Waals surface area contributed by atoms with Crippen molar-refractivity contribution in [2.45, 2.75) is 6.54 Å². The lowest BCUT2D eigenvalue weighted by Gasteiger charge is -2.14. The maximum absolute atomic E-state index is 12.3. The average molecular weight is 365 g/mol. The van der Waals surface area contributed by atoms with Gasteiger partial charge in [0.05, 0.1) is 22.0 Å². The van der Waals surface area contributed by atoms with E-state index in [0.29, 0.717) is 5.06 Å². The number of para-hydroxylation sites is 1. The predicted molar refractivity (Wildman–Crippen MR) is 91.9 cm³/mol. The number of fused-ring (bicyclic) bond motifs is 2. The Labute approximate surface area is 150 Å². The summed E-state index contributed by atoms with van der Waals surface area (Å²) in [7, 11) is 0. The molecule has 0 radical (unpaired) electrons. The van der Waals surface area contributed by atoms with Gasteiger partial charge >= 0.3 is 11.7 Å². The number of hydrogen-bond acceptors (Lipinski definition) is 6. The fourth-order valence-corrected chi connectivity index (χ4v) is 2.91. The molecule has 3 aromatic rings. The van der Waals surface area contributed by atoms with Crippen LogP contribution >= 0.6 is 0 Å². The molecule has 9 heteroatoms. The Balaban J connectivity index is 1.63. The summed E-state index contributed by atoms with van der Waals surface area (Å²) in [6.45, 7) is -0.594. The van der Waals surface area contributed by atoms with E-state index in [4.69, 9.17) is 4.84 Å². The van der Waals surface area contributed by atoms with E-state index in [9.17, 15) is 24.0 Å². The number of aromatic amines is 1. The standard InChI is InChI=1S/C18H11N3O6/c22-14(27-21-16(24)10-5-1-2-6-11(10)17(21)25)9-20-13-8-4-3-7-12(13)15(23)19-18(20)26/h1-8H,9H2,(H,19,23,26). The van der Waals surface area contributed by atoms with Gasteiger partial charge in [-0.15, -0.1) is 0 Å². The smallest absolute Gasteiger partial charge is 0.328 e. The highest BCUT2D eigenvalue weighted by atomic mass is 16.7. The minimum Gasteiger partial charge on any atom is -0.328 e. The Morgan fingerprint density at radius 2 is 1.48 bits per heavy atom. The average Bonchev–Trinajstić information content (AvgIpc) is 2.90. The summed E-state index contributed by atoms with van der Waals surface area (Å²) in [5, 5.41) is 0.581. The maximum atomic E-state index is 12.3. The van der Waals surface area contributed by atoms with Gasteiger partial charge in [0.25, 0.3) is 17.4 Å². The van der Waals surface area contributed by atoms with Gasteiger partial charge in [-0.05, 0) is 24.3 Å². The second-order valence-electron chi connectivity index (χ2n) is 5.78. The van der Waals surface area contributed by atoms with Gasteiger partial charge in [-0.25, -0.2) is 9.59 Å². The number of rotatable bonds is 3. The van der Waals surface area contributed by atoms with Gasteiger partial charge in [-0.3, -0.25) is 23.9 Å². The molecule has 0 aliphatic carbocycles. The molecule has 0 bridgehead atoms.